The van der Waals surface area contributed by atoms with Crippen LogP contribution in [-0.2, 0) is 26.7 Å². The van der Waals surface area contributed by atoms with Gasteiger partial charge in [0, 0.05) is 0 Å². The summed E-state index contributed by atoms with van der Waals surface area (Å²) < 4.78 is 74.7. The molecule has 0 radical (unpaired) electrons. The summed E-state index contributed by atoms with van der Waals surface area (Å²) in [6.45, 7) is 2.20. The fourth-order valence-corrected chi connectivity index (χ4v) is 4.82. The molecule has 35 heavy (non-hydrogen) atoms. The van der Waals surface area contributed by atoms with Crippen LogP contribution in [0.15, 0.2) is 52.3 Å². The number of unbranched alkanes of at least 4 members (excludes halogenated alkanes) is 9. The molecular formula is C24H32Na2O7S2. The summed E-state index contributed by atoms with van der Waals surface area (Å²) in [5.41, 5.74) is 0.601. The van der Waals surface area contributed by atoms with Gasteiger partial charge in [0.15, 0.2) is 0 Å². The number of benzene rings is 2. The Bertz CT molecular complexity index is 1100. The van der Waals surface area contributed by atoms with Crippen molar-refractivity contribution in [2.45, 2.75) is 87.3 Å². The van der Waals surface area contributed by atoms with Crippen LogP contribution in [0.1, 0.15) is 76.7 Å². The van der Waals surface area contributed by atoms with Crippen molar-refractivity contribution < 1.29 is 89.8 Å². The molecule has 11 heteroatoms. The van der Waals surface area contributed by atoms with E-state index in [9.17, 15) is 25.9 Å². The monoisotopic (exact) mass is 542 g/mol. The molecular weight excluding hydrogens is 510 g/mol. The van der Waals surface area contributed by atoms with Crippen LogP contribution in [0, 0.1) is 0 Å². The van der Waals surface area contributed by atoms with Crippen LogP contribution in [0.4, 0.5) is 0 Å². The molecule has 0 aliphatic carbocycles. The van der Waals surface area contributed by atoms with Gasteiger partial charge in [-0.05, 0) is 48.7 Å². The Morgan fingerprint density at radius 1 is 0.714 bits per heavy atom. The van der Waals surface area contributed by atoms with Crippen molar-refractivity contribution in [2.24, 2.45) is 0 Å². The molecule has 2 aromatic carbocycles. The maximum atomic E-state index is 11.6. The molecule has 0 fully saturated rings. The van der Waals surface area contributed by atoms with Gasteiger partial charge >= 0.3 is 59.1 Å². The molecule has 7 nitrogen and oxygen atoms in total. The van der Waals surface area contributed by atoms with E-state index in [1.165, 1.54) is 62.8 Å². The smallest absolute Gasteiger partial charge is 0.744 e. The third kappa shape index (κ3) is 13.4. The molecule has 2 rings (SSSR count). The Hall–Kier alpha value is 0.0600. The molecule has 0 atom stereocenters. The second-order valence-corrected chi connectivity index (χ2v) is 10.9. The molecule has 0 N–H and O–H groups in total. The summed E-state index contributed by atoms with van der Waals surface area (Å²) in [7, 11) is -9.53. The second kappa shape index (κ2) is 17.5. The Labute approximate surface area is 254 Å². The number of para-hydroxylation sites is 1. The molecule has 0 amide bonds. The van der Waals surface area contributed by atoms with Crippen LogP contribution in [0.5, 0.6) is 11.5 Å². The van der Waals surface area contributed by atoms with Gasteiger partial charge in [-0.3, -0.25) is 0 Å². The molecule has 0 aromatic heterocycles. The van der Waals surface area contributed by atoms with E-state index in [0.29, 0.717) is 12.0 Å². The fourth-order valence-electron chi connectivity index (χ4n) is 3.66. The first-order valence-electron chi connectivity index (χ1n) is 11.4. The largest absolute Gasteiger partial charge is 1.00 e. The minimum absolute atomic E-state index is 0. The van der Waals surface area contributed by atoms with Crippen molar-refractivity contribution in [3.05, 3.63) is 48.0 Å². The Morgan fingerprint density at radius 2 is 1.26 bits per heavy atom. The van der Waals surface area contributed by atoms with Gasteiger partial charge < -0.3 is 13.8 Å². The zero-order valence-corrected chi connectivity index (χ0v) is 26.6. The molecule has 0 unspecified atom stereocenters. The quantitative estimate of drug-likeness (QED) is 0.173. The molecule has 0 bridgehead atoms. The third-order valence-electron chi connectivity index (χ3n) is 5.39. The van der Waals surface area contributed by atoms with Gasteiger partial charge in [-0.25, -0.2) is 16.8 Å². The SMILES string of the molecule is CCCCCCCCCCCCc1cc(Oc2ccccc2S(=O)(=O)[O-])cc(S(=O)(=O)[O-])c1.[Na+].[Na+]. The predicted octanol–water partition coefficient (Wildman–Crippen LogP) is -0.241. The molecule has 0 spiro atoms. The van der Waals surface area contributed by atoms with Gasteiger partial charge in [-0.1, -0.05) is 76.8 Å². The summed E-state index contributed by atoms with van der Waals surface area (Å²) in [6.07, 6.45) is 12.2. The zero-order valence-electron chi connectivity index (χ0n) is 21.0. The van der Waals surface area contributed by atoms with E-state index >= 15 is 0 Å². The van der Waals surface area contributed by atoms with E-state index in [2.05, 4.69) is 6.92 Å². The molecule has 0 saturated heterocycles. The van der Waals surface area contributed by atoms with Crippen molar-refractivity contribution in [2.75, 3.05) is 0 Å². The minimum atomic E-state index is -4.79. The fraction of sp³-hybridized carbons (Fsp3) is 0.500. The minimum Gasteiger partial charge on any atom is -0.744 e. The number of hydrogen-bond acceptors (Lipinski definition) is 7. The van der Waals surface area contributed by atoms with Gasteiger partial charge in [0.25, 0.3) is 0 Å². The van der Waals surface area contributed by atoms with Crippen molar-refractivity contribution in [1.82, 2.24) is 0 Å². The molecule has 0 heterocycles. The average molecular weight is 543 g/mol. The van der Waals surface area contributed by atoms with Crippen molar-refractivity contribution >= 4 is 20.2 Å². The van der Waals surface area contributed by atoms with Crippen molar-refractivity contribution in [3.63, 3.8) is 0 Å². The summed E-state index contributed by atoms with van der Waals surface area (Å²) >= 11 is 0. The third-order valence-corrected chi connectivity index (χ3v) is 7.08. The molecule has 2 aromatic rings. The van der Waals surface area contributed by atoms with Crippen LogP contribution in [0.3, 0.4) is 0 Å². The van der Waals surface area contributed by atoms with Gasteiger partial charge in [-0.2, -0.15) is 0 Å². The number of aryl methyl sites for hydroxylation is 1. The van der Waals surface area contributed by atoms with E-state index in [0.717, 1.165) is 37.8 Å². The zero-order chi connectivity index (χ0) is 24.3. The number of hydrogen-bond donors (Lipinski definition) is 0. The Morgan fingerprint density at radius 3 is 1.80 bits per heavy atom. The maximum absolute atomic E-state index is 11.6. The van der Waals surface area contributed by atoms with E-state index in [1.54, 1.807) is 6.07 Å². The van der Waals surface area contributed by atoms with E-state index in [-0.39, 0.29) is 70.6 Å². The number of ether oxygens (including phenoxy) is 1. The first-order valence-corrected chi connectivity index (χ1v) is 14.3. The summed E-state index contributed by atoms with van der Waals surface area (Å²) in [4.78, 5) is -1.01. The summed E-state index contributed by atoms with van der Waals surface area (Å²) in [5.74, 6) is -0.233. The average Bonchev–Trinajstić information content (AvgIpc) is 2.74. The van der Waals surface area contributed by atoms with Crippen molar-refractivity contribution in [3.8, 4) is 11.5 Å². The Kier molecular flexibility index (Phi) is 17.6. The standard InChI is InChI=1S/C24H34O7S2.2Na/c1-2-3-4-5-6-7-8-9-10-11-14-20-17-21(19-22(18-20)32(25,26)27)31-23-15-12-13-16-24(23)33(28,29)30;;/h12-13,15-19H,2-11,14H2,1H3,(H,25,26,27)(H,28,29,30);;/q;2*+1/p-2. The predicted molar refractivity (Wildman–Crippen MR) is 124 cm³/mol. The first kappa shape index (κ1) is 35.1. The normalized spacial score (nSPS) is 11.4. The van der Waals surface area contributed by atoms with Crippen LogP contribution >= 0.6 is 0 Å². The van der Waals surface area contributed by atoms with Crippen LogP contribution in [0.25, 0.3) is 0 Å². The van der Waals surface area contributed by atoms with Crippen molar-refractivity contribution in [1.29, 1.82) is 0 Å². The topological polar surface area (TPSA) is 124 Å². The van der Waals surface area contributed by atoms with Crippen LogP contribution in [-0.4, -0.2) is 25.9 Å². The van der Waals surface area contributed by atoms with Gasteiger partial charge in [0.05, 0.1) is 9.79 Å². The van der Waals surface area contributed by atoms with Crippen LogP contribution < -0.4 is 63.9 Å². The van der Waals surface area contributed by atoms with Gasteiger partial charge in [0.1, 0.15) is 31.7 Å². The van der Waals surface area contributed by atoms with E-state index < -0.39 is 30.0 Å². The van der Waals surface area contributed by atoms with Gasteiger partial charge in [0.2, 0.25) is 0 Å². The molecule has 0 aliphatic rings. The second-order valence-electron chi connectivity index (χ2n) is 8.20. The summed E-state index contributed by atoms with van der Waals surface area (Å²) in [6, 6.07) is 9.20. The Balaban J connectivity index is 0.00000578. The van der Waals surface area contributed by atoms with E-state index in [1.807, 2.05) is 0 Å². The summed E-state index contributed by atoms with van der Waals surface area (Å²) in [5, 5.41) is 0. The number of rotatable bonds is 15. The molecule has 0 saturated carbocycles. The maximum Gasteiger partial charge on any atom is 1.00 e. The first-order chi connectivity index (χ1) is 15.6. The molecule has 0 aliphatic heterocycles. The van der Waals surface area contributed by atoms with Gasteiger partial charge in [-0.15, -0.1) is 0 Å². The van der Waals surface area contributed by atoms with E-state index in [4.69, 9.17) is 4.74 Å². The molecule has 184 valence electrons. The van der Waals surface area contributed by atoms with Crippen LogP contribution in [0.2, 0.25) is 0 Å².